The summed E-state index contributed by atoms with van der Waals surface area (Å²) in [6, 6.07) is 12.3. The summed E-state index contributed by atoms with van der Waals surface area (Å²) in [5.41, 5.74) is 2.91. The van der Waals surface area contributed by atoms with Crippen molar-refractivity contribution in [2.45, 2.75) is 31.7 Å². The molecule has 0 spiro atoms. The lowest BCUT2D eigenvalue weighted by molar-refractivity contribution is 0.0600. The van der Waals surface area contributed by atoms with E-state index in [2.05, 4.69) is 19.2 Å². The van der Waals surface area contributed by atoms with Gasteiger partial charge >= 0.3 is 5.97 Å². The fourth-order valence-electron chi connectivity index (χ4n) is 3.45. The molecule has 3 rings (SSSR count). The van der Waals surface area contributed by atoms with E-state index < -0.39 is 0 Å². The number of nitrogens with one attached hydrogen (secondary N) is 1. The van der Waals surface area contributed by atoms with Crippen LogP contribution in [0.4, 0.5) is 0 Å². The standard InChI is InChI=1S/C20H20ClNO3/c1-20(2)11-17(22-18(23)13-6-4-5-7-16(13)21)14-10-12(19(24)25-3)8-9-15(14)20/h4-10,17H,11H2,1-3H3,(H,22,23). The Hall–Kier alpha value is -2.33. The maximum atomic E-state index is 12.6. The molecule has 4 nitrogen and oxygen atoms in total. The average Bonchev–Trinajstić information content (AvgIpc) is 2.84. The lowest BCUT2D eigenvalue weighted by Gasteiger charge is -2.19. The molecule has 130 valence electrons. The van der Waals surface area contributed by atoms with E-state index in [1.165, 1.54) is 7.11 Å². The van der Waals surface area contributed by atoms with Crippen LogP contribution in [-0.2, 0) is 10.2 Å². The highest BCUT2D eigenvalue weighted by Gasteiger charge is 2.38. The van der Waals surface area contributed by atoms with E-state index in [0.717, 1.165) is 17.5 Å². The van der Waals surface area contributed by atoms with Gasteiger partial charge < -0.3 is 10.1 Å². The number of hydrogen-bond donors (Lipinski definition) is 1. The van der Waals surface area contributed by atoms with Gasteiger partial charge in [-0.2, -0.15) is 0 Å². The summed E-state index contributed by atoms with van der Waals surface area (Å²) in [5, 5.41) is 3.47. The van der Waals surface area contributed by atoms with Gasteiger partial charge in [0.25, 0.3) is 5.91 Å². The Morgan fingerprint density at radius 2 is 1.92 bits per heavy atom. The molecule has 1 N–H and O–H groups in total. The number of ether oxygens (including phenoxy) is 1. The summed E-state index contributed by atoms with van der Waals surface area (Å²) in [7, 11) is 1.36. The molecule has 1 aliphatic rings. The molecule has 2 aromatic carbocycles. The fraction of sp³-hybridized carbons (Fsp3) is 0.300. The van der Waals surface area contributed by atoms with Gasteiger partial charge in [0.2, 0.25) is 0 Å². The molecule has 25 heavy (non-hydrogen) atoms. The Labute approximate surface area is 152 Å². The lowest BCUT2D eigenvalue weighted by atomic mass is 9.86. The zero-order valence-corrected chi connectivity index (χ0v) is 15.2. The van der Waals surface area contributed by atoms with E-state index in [-0.39, 0.29) is 23.3 Å². The van der Waals surface area contributed by atoms with Crippen molar-refractivity contribution < 1.29 is 14.3 Å². The van der Waals surface area contributed by atoms with Crippen LogP contribution < -0.4 is 5.32 Å². The van der Waals surface area contributed by atoms with Crippen molar-refractivity contribution in [3.63, 3.8) is 0 Å². The minimum Gasteiger partial charge on any atom is -0.465 e. The SMILES string of the molecule is COC(=O)c1ccc2c(c1)C(NC(=O)c1ccccc1Cl)CC2(C)C. The highest BCUT2D eigenvalue weighted by atomic mass is 35.5. The molecule has 1 atom stereocenters. The van der Waals surface area contributed by atoms with E-state index in [9.17, 15) is 9.59 Å². The number of amides is 1. The van der Waals surface area contributed by atoms with Crippen molar-refractivity contribution in [2.75, 3.05) is 7.11 Å². The number of carbonyl (C=O) groups excluding carboxylic acids is 2. The number of fused-ring (bicyclic) bond motifs is 1. The number of benzene rings is 2. The zero-order valence-electron chi connectivity index (χ0n) is 14.4. The number of hydrogen-bond acceptors (Lipinski definition) is 3. The van der Waals surface area contributed by atoms with Crippen LogP contribution in [0.15, 0.2) is 42.5 Å². The van der Waals surface area contributed by atoms with Gasteiger partial charge in [-0.1, -0.05) is 43.6 Å². The number of rotatable bonds is 3. The molecule has 0 aliphatic heterocycles. The van der Waals surface area contributed by atoms with E-state index >= 15 is 0 Å². The first-order chi connectivity index (χ1) is 11.8. The quantitative estimate of drug-likeness (QED) is 0.834. The van der Waals surface area contributed by atoms with Crippen molar-refractivity contribution >= 4 is 23.5 Å². The Morgan fingerprint density at radius 1 is 1.20 bits per heavy atom. The van der Waals surface area contributed by atoms with E-state index in [1.54, 1.807) is 30.3 Å². The predicted molar refractivity (Wildman–Crippen MR) is 97.1 cm³/mol. The Kier molecular flexibility index (Phi) is 4.56. The first-order valence-corrected chi connectivity index (χ1v) is 8.49. The number of halogens is 1. The van der Waals surface area contributed by atoms with Crippen LogP contribution in [0.5, 0.6) is 0 Å². The van der Waals surface area contributed by atoms with Crippen LogP contribution in [0.25, 0.3) is 0 Å². The van der Waals surface area contributed by atoms with E-state index in [1.807, 2.05) is 12.1 Å². The summed E-state index contributed by atoms with van der Waals surface area (Å²) in [6.07, 6.45) is 0.753. The second-order valence-electron chi connectivity index (χ2n) is 6.89. The third kappa shape index (κ3) is 3.27. The highest BCUT2D eigenvalue weighted by molar-refractivity contribution is 6.33. The van der Waals surface area contributed by atoms with Gasteiger partial charge in [-0.05, 0) is 47.2 Å². The van der Waals surface area contributed by atoms with Gasteiger partial charge in [0.1, 0.15) is 0 Å². The average molecular weight is 358 g/mol. The molecule has 0 saturated heterocycles. The molecule has 0 aromatic heterocycles. The highest BCUT2D eigenvalue weighted by Crippen LogP contribution is 2.45. The first kappa shape index (κ1) is 17.5. The molecule has 0 heterocycles. The summed E-state index contributed by atoms with van der Waals surface area (Å²) in [5.74, 6) is -0.605. The zero-order chi connectivity index (χ0) is 18.2. The predicted octanol–water partition coefficient (Wildman–Crippen LogP) is 4.28. The molecule has 5 heteroatoms. The van der Waals surface area contributed by atoms with Gasteiger partial charge in [-0.25, -0.2) is 4.79 Å². The summed E-state index contributed by atoms with van der Waals surface area (Å²) in [6.45, 7) is 4.26. The van der Waals surface area contributed by atoms with Crippen LogP contribution in [0.3, 0.4) is 0 Å². The topological polar surface area (TPSA) is 55.4 Å². The second-order valence-corrected chi connectivity index (χ2v) is 7.29. The van der Waals surface area contributed by atoms with E-state index in [4.69, 9.17) is 16.3 Å². The Morgan fingerprint density at radius 3 is 2.60 bits per heavy atom. The van der Waals surface area contributed by atoms with Crippen molar-refractivity contribution in [3.05, 3.63) is 69.7 Å². The second kappa shape index (κ2) is 6.52. The number of carbonyl (C=O) groups is 2. The van der Waals surface area contributed by atoms with Crippen molar-refractivity contribution in [2.24, 2.45) is 0 Å². The molecule has 2 aromatic rings. The molecule has 0 saturated carbocycles. The number of esters is 1. The first-order valence-electron chi connectivity index (χ1n) is 8.11. The van der Waals surface area contributed by atoms with Crippen molar-refractivity contribution in [1.29, 1.82) is 0 Å². The minimum absolute atomic E-state index is 0.0948. The van der Waals surface area contributed by atoms with Crippen molar-refractivity contribution in [3.8, 4) is 0 Å². The van der Waals surface area contributed by atoms with Crippen LogP contribution in [0.2, 0.25) is 5.02 Å². The molecule has 0 radical (unpaired) electrons. The molecule has 1 amide bonds. The monoisotopic (exact) mass is 357 g/mol. The van der Waals surface area contributed by atoms with Crippen LogP contribution in [-0.4, -0.2) is 19.0 Å². The third-order valence-electron chi connectivity index (χ3n) is 4.72. The van der Waals surface area contributed by atoms with Gasteiger partial charge in [0.05, 0.1) is 29.3 Å². The van der Waals surface area contributed by atoms with Gasteiger partial charge in [0.15, 0.2) is 0 Å². The molecule has 1 unspecified atom stereocenters. The largest absolute Gasteiger partial charge is 0.465 e. The summed E-state index contributed by atoms with van der Waals surface area (Å²) < 4.78 is 4.81. The minimum atomic E-state index is -0.385. The van der Waals surface area contributed by atoms with E-state index in [0.29, 0.717) is 16.1 Å². The summed E-state index contributed by atoms with van der Waals surface area (Å²) in [4.78, 5) is 24.5. The molecule has 0 bridgehead atoms. The maximum absolute atomic E-state index is 12.6. The normalized spacial score (nSPS) is 17.7. The van der Waals surface area contributed by atoms with Crippen molar-refractivity contribution in [1.82, 2.24) is 5.32 Å². The fourth-order valence-corrected chi connectivity index (χ4v) is 3.67. The molecule has 1 aliphatic carbocycles. The third-order valence-corrected chi connectivity index (χ3v) is 5.05. The Balaban J connectivity index is 1.93. The number of methoxy groups -OCH3 is 1. The van der Waals surface area contributed by atoms with Crippen LogP contribution >= 0.6 is 11.6 Å². The van der Waals surface area contributed by atoms with Crippen LogP contribution in [0, 0.1) is 0 Å². The molecule has 0 fully saturated rings. The van der Waals surface area contributed by atoms with Gasteiger partial charge in [-0.15, -0.1) is 0 Å². The molecular weight excluding hydrogens is 338 g/mol. The van der Waals surface area contributed by atoms with Gasteiger partial charge in [0, 0.05) is 0 Å². The lowest BCUT2D eigenvalue weighted by Crippen LogP contribution is -2.28. The summed E-state index contributed by atoms with van der Waals surface area (Å²) >= 11 is 6.12. The smallest absolute Gasteiger partial charge is 0.337 e. The molecular formula is C20H20ClNO3. The van der Waals surface area contributed by atoms with Crippen LogP contribution in [0.1, 0.15) is 58.2 Å². The van der Waals surface area contributed by atoms with Gasteiger partial charge in [-0.3, -0.25) is 4.79 Å². The Bertz CT molecular complexity index is 845. The maximum Gasteiger partial charge on any atom is 0.337 e.